The van der Waals surface area contributed by atoms with Crippen LogP contribution < -0.4 is 5.32 Å². The van der Waals surface area contributed by atoms with Crippen LogP contribution in [0.1, 0.15) is 56.6 Å². The Morgan fingerprint density at radius 1 is 1.07 bits per heavy atom. The number of carboxylic acid groups (broad SMARTS) is 1. The van der Waals surface area contributed by atoms with Crippen LogP contribution in [0.25, 0.3) is 22.2 Å². The summed E-state index contributed by atoms with van der Waals surface area (Å²) in [5.41, 5.74) is 3.43. The Morgan fingerprint density at radius 3 is 2.44 bits per heavy atom. The van der Waals surface area contributed by atoms with Gasteiger partial charge in [-0.2, -0.15) is 18.3 Å². The number of H-pyrrole nitrogens is 2. The first kappa shape index (κ1) is 31.3. The average molecular weight is 592 g/mol. The van der Waals surface area contributed by atoms with Gasteiger partial charge < -0.3 is 20.2 Å². The van der Waals surface area contributed by atoms with Gasteiger partial charge in [0.25, 0.3) is 0 Å². The smallest absolute Gasteiger partial charge is 0.475 e. The molecule has 0 bridgehead atoms. The number of aromatic amines is 2. The van der Waals surface area contributed by atoms with Crippen molar-refractivity contribution >= 4 is 40.2 Å². The molecule has 0 saturated heterocycles. The van der Waals surface area contributed by atoms with Crippen molar-refractivity contribution in [3.05, 3.63) is 71.3 Å². The third-order valence-corrected chi connectivity index (χ3v) is 6.28. The number of alkyl halides is 3. The summed E-state index contributed by atoms with van der Waals surface area (Å²) in [6.07, 6.45) is 0.828. The topological polar surface area (TPSA) is 141 Å². The van der Waals surface area contributed by atoms with Crippen molar-refractivity contribution in [1.29, 1.82) is 0 Å². The molecular weight excluding hydrogens is 563 g/mol. The zero-order valence-electron chi connectivity index (χ0n) is 22.1. The Balaban J connectivity index is 0.000000587. The summed E-state index contributed by atoms with van der Waals surface area (Å²) in [4.78, 5) is 41.1. The quantitative estimate of drug-likeness (QED) is 0.154. The molecule has 0 aliphatic heterocycles. The highest BCUT2D eigenvalue weighted by Crippen LogP contribution is 2.24. The standard InChI is InChI=1S/C26H28ClN5O2.C2HF3O2/c1-17(33)8-4-2-7-11-22(26-28-16-24(30-26)18-9-5-3-6-10-18)29-25(34)15-23-20-14-19(27)12-13-21(20)31-32-23;3-2(4,5)1(6)7/h3,5-6,9-10,12-14,16,22H,2,4,7-8,11,15H2,1H3,(H,28,30)(H,29,34)(H,31,32);(H,6,7)/t22-;/m0./s1. The van der Waals surface area contributed by atoms with Crippen LogP contribution in [0, 0.1) is 0 Å². The Bertz CT molecular complexity index is 1470. The maximum absolute atomic E-state index is 13.0. The van der Waals surface area contributed by atoms with E-state index in [4.69, 9.17) is 21.5 Å². The van der Waals surface area contributed by atoms with Gasteiger partial charge in [-0.25, -0.2) is 9.78 Å². The third kappa shape index (κ3) is 9.75. The number of Topliss-reactive ketones (excluding diaryl/α,β-unsaturated/α-hetero) is 1. The number of unbranched alkanes of at least 4 members (excludes halogenated alkanes) is 2. The number of nitrogens with zero attached hydrogens (tertiary/aromatic N) is 2. The van der Waals surface area contributed by atoms with Gasteiger partial charge in [-0.3, -0.25) is 9.89 Å². The second kappa shape index (κ2) is 14.4. The maximum Gasteiger partial charge on any atom is 0.490 e. The fraction of sp³-hybridized carbons (Fsp3) is 0.321. The monoisotopic (exact) mass is 591 g/mol. The van der Waals surface area contributed by atoms with E-state index < -0.39 is 12.1 Å². The van der Waals surface area contributed by atoms with E-state index in [-0.39, 0.29) is 24.2 Å². The fourth-order valence-corrected chi connectivity index (χ4v) is 4.20. The Hall–Kier alpha value is -4.19. The first-order chi connectivity index (χ1) is 19.4. The minimum absolute atomic E-state index is 0.128. The van der Waals surface area contributed by atoms with Crippen LogP contribution in [0.5, 0.6) is 0 Å². The molecule has 4 rings (SSSR count). The Morgan fingerprint density at radius 2 is 1.78 bits per heavy atom. The molecule has 0 fully saturated rings. The molecule has 4 aromatic rings. The molecule has 0 spiro atoms. The number of aliphatic carboxylic acids is 1. The minimum atomic E-state index is -5.08. The van der Waals surface area contributed by atoms with Crippen molar-refractivity contribution in [3.63, 3.8) is 0 Å². The van der Waals surface area contributed by atoms with E-state index in [0.29, 0.717) is 11.4 Å². The van der Waals surface area contributed by atoms with E-state index in [0.717, 1.165) is 59.4 Å². The summed E-state index contributed by atoms with van der Waals surface area (Å²) in [5.74, 6) is -1.96. The van der Waals surface area contributed by atoms with Gasteiger partial charge in [-0.15, -0.1) is 0 Å². The number of benzene rings is 2. The summed E-state index contributed by atoms with van der Waals surface area (Å²) < 4.78 is 31.7. The van der Waals surface area contributed by atoms with Crippen LogP contribution >= 0.6 is 11.6 Å². The summed E-state index contributed by atoms with van der Waals surface area (Å²) in [7, 11) is 0. The van der Waals surface area contributed by atoms with Gasteiger partial charge in [0.05, 0.1) is 35.6 Å². The van der Waals surface area contributed by atoms with Gasteiger partial charge in [-0.1, -0.05) is 54.8 Å². The zero-order chi connectivity index (χ0) is 30.0. The molecule has 2 aromatic carbocycles. The molecule has 0 radical (unpaired) electrons. The summed E-state index contributed by atoms with van der Waals surface area (Å²) >= 11 is 6.13. The predicted octanol–water partition coefficient (Wildman–Crippen LogP) is 6.18. The lowest BCUT2D eigenvalue weighted by atomic mass is 10.0. The number of fused-ring (bicyclic) bond motifs is 1. The summed E-state index contributed by atoms with van der Waals surface area (Å²) in [6.45, 7) is 1.61. The predicted molar refractivity (Wildman–Crippen MR) is 147 cm³/mol. The summed E-state index contributed by atoms with van der Waals surface area (Å²) in [6, 6.07) is 15.1. The van der Waals surface area contributed by atoms with Crippen molar-refractivity contribution in [3.8, 4) is 11.3 Å². The highest BCUT2D eigenvalue weighted by molar-refractivity contribution is 6.31. The number of carboxylic acids is 1. The van der Waals surface area contributed by atoms with E-state index >= 15 is 0 Å². The summed E-state index contributed by atoms with van der Waals surface area (Å²) in [5, 5.41) is 18.9. The highest BCUT2D eigenvalue weighted by Gasteiger charge is 2.38. The van der Waals surface area contributed by atoms with Crippen LogP contribution in [0.3, 0.4) is 0 Å². The van der Waals surface area contributed by atoms with E-state index in [1.807, 2.05) is 42.5 Å². The molecule has 1 atom stereocenters. The maximum atomic E-state index is 13.0. The molecule has 0 saturated carbocycles. The van der Waals surface area contributed by atoms with Gasteiger partial charge in [0.2, 0.25) is 5.91 Å². The van der Waals surface area contributed by atoms with Crippen LogP contribution in [-0.4, -0.2) is 49.1 Å². The highest BCUT2D eigenvalue weighted by atomic mass is 35.5. The molecule has 218 valence electrons. The number of hydrogen-bond acceptors (Lipinski definition) is 5. The number of halogens is 4. The molecule has 0 unspecified atom stereocenters. The van der Waals surface area contributed by atoms with Crippen LogP contribution in [0.2, 0.25) is 5.02 Å². The number of amides is 1. The first-order valence-electron chi connectivity index (χ1n) is 12.8. The number of rotatable bonds is 11. The zero-order valence-corrected chi connectivity index (χ0v) is 22.9. The average Bonchev–Trinajstić information content (AvgIpc) is 3.56. The van der Waals surface area contributed by atoms with Crippen LogP contribution in [0.15, 0.2) is 54.7 Å². The van der Waals surface area contributed by atoms with Crippen molar-refractivity contribution in [2.24, 2.45) is 0 Å². The van der Waals surface area contributed by atoms with E-state index in [1.54, 1.807) is 19.2 Å². The molecule has 41 heavy (non-hydrogen) atoms. The lowest BCUT2D eigenvalue weighted by molar-refractivity contribution is -0.192. The molecule has 0 aliphatic carbocycles. The van der Waals surface area contributed by atoms with Crippen LogP contribution in [-0.2, 0) is 20.8 Å². The van der Waals surface area contributed by atoms with Crippen molar-refractivity contribution < 1.29 is 32.7 Å². The number of hydrogen-bond donors (Lipinski definition) is 4. The molecule has 1 amide bonds. The van der Waals surface area contributed by atoms with Gasteiger partial charge in [0.1, 0.15) is 11.6 Å². The second-order valence-electron chi connectivity index (χ2n) is 9.31. The van der Waals surface area contributed by atoms with E-state index in [9.17, 15) is 22.8 Å². The van der Waals surface area contributed by atoms with Crippen molar-refractivity contribution in [2.75, 3.05) is 0 Å². The normalized spacial score (nSPS) is 11.9. The SMILES string of the molecule is CC(=O)CCCCC[C@H](NC(=O)Cc1[nH]nc2ccc(Cl)cc12)c1ncc(-c2ccccc2)[nH]1.O=C(O)C(F)(F)F. The first-order valence-corrected chi connectivity index (χ1v) is 13.1. The lowest BCUT2D eigenvalue weighted by Gasteiger charge is -2.17. The van der Waals surface area contributed by atoms with Gasteiger partial charge >= 0.3 is 12.1 Å². The number of imidazole rings is 1. The van der Waals surface area contributed by atoms with Crippen LogP contribution in [0.4, 0.5) is 13.2 Å². The van der Waals surface area contributed by atoms with E-state index in [1.165, 1.54) is 0 Å². The molecule has 13 heteroatoms. The Labute approximate surface area is 238 Å². The van der Waals surface area contributed by atoms with Gasteiger partial charge in [0.15, 0.2) is 0 Å². The second-order valence-corrected chi connectivity index (χ2v) is 9.75. The molecule has 0 aliphatic rings. The Kier molecular flexibility index (Phi) is 11.0. The molecule has 4 N–H and O–H groups in total. The molecule has 2 aromatic heterocycles. The van der Waals surface area contributed by atoms with Gasteiger partial charge in [-0.05, 0) is 43.5 Å². The number of nitrogens with one attached hydrogen (secondary N) is 3. The van der Waals surface area contributed by atoms with E-state index in [2.05, 4.69) is 25.5 Å². The molecule has 9 nitrogen and oxygen atoms in total. The minimum Gasteiger partial charge on any atom is -0.475 e. The number of aromatic nitrogens is 4. The third-order valence-electron chi connectivity index (χ3n) is 6.04. The van der Waals surface area contributed by atoms with Crippen molar-refractivity contribution in [2.45, 2.75) is 57.7 Å². The largest absolute Gasteiger partial charge is 0.490 e. The molecule has 2 heterocycles. The van der Waals surface area contributed by atoms with Crippen molar-refractivity contribution in [1.82, 2.24) is 25.5 Å². The number of carbonyl (C=O) groups is 3. The number of carbonyl (C=O) groups excluding carboxylic acids is 2. The fourth-order valence-electron chi connectivity index (χ4n) is 4.03. The number of ketones is 1. The lowest BCUT2D eigenvalue weighted by Crippen LogP contribution is -2.30. The van der Waals surface area contributed by atoms with Gasteiger partial charge in [0, 0.05) is 16.8 Å². The molecular formula is C28H29ClF3N5O4.